The first-order chi connectivity index (χ1) is 14.4. The zero-order chi connectivity index (χ0) is 21.6. The highest BCUT2D eigenvalue weighted by Gasteiger charge is 2.15. The van der Waals surface area contributed by atoms with Crippen LogP contribution in [0.5, 0.6) is 0 Å². The predicted molar refractivity (Wildman–Crippen MR) is 115 cm³/mol. The topological polar surface area (TPSA) is 101 Å². The fourth-order valence-corrected chi connectivity index (χ4v) is 3.76. The Morgan fingerprint density at radius 2 is 1.97 bits per heavy atom. The standard InChI is InChI=1S/C22H23N3O4S/c1-3-12-24-30(27,28)20-6-4-5-18(14-20)21(26)23-13-11-19-15-29-22(25-19)17-9-7-16(2)8-10-17/h3-10,14-15,24H,1,11-13H2,2H3,(H,23,26). The Bertz CT molecular complexity index is 1140. The van der Waals surface area contributed by atoms with Gasteiger partial charge in [0.15, 0.2) is 0 Å². The second kappa shape index (κ2) is 9.51. The van der Waals surface area contributed by atoms with E-state index in [4.69, 9.17) is 4.42 Å². The first kappa shape index (κ1) is 21.5. The SMILES string of the molecule is C=CCNS(=O)(=O)c1cccc(C(=O)NCCc2coc(-c3ccc(C)cc3)n2)c1. The fourth-order valence-electron chi connectivity index (χ4n) is 2.71. The number of hydrogen-bond acceptors (Lipinski definition) is 5. The highest BCUT2D eigenvalue weighted by atomic mass is 32.2. The van der Waals surface area contributed by atoms with Crippen molar-refractivity contribution in [2.45, 2.75) is 18.2 Å². The van der Waals surface area contributed by atoms with Gasteiger partial charge in [-0.1, -0.05) is 29.8 Å². The minimum absolute atomic E-state index is 0.0243. The molecule has 1 heterocycles. The summed E-state index contributed by atoms with van der Waals surface area (Å²) >= 11 is 0. The average molecular weight is 426 g/mol. The number of rotatable bonds is 9. The summed E-state index contributed by atoms with van der Waals surface area (Å²) in [6, 6.07) is 13.7. The van der Waals surface area contributed by atoms with Crippen LogP contribution in [0, 0.1) is 6.92 Å². The van der Waals surface area contributed by atoms with Crippen LogP contribution in [-0.2, 0) is 16.4 Å². The molecule has 0 unspecified atom stereocenters. The Morgan fingerprint density at radius 3 is 2.70 bits per heavy atom. The van der Waals surface area contributed by atoms with Crippen molar-refractivity contribution in [3.8, 4) is 11.5 Å². The molecule has 0 saturated heterocycles. The number of aromatic nitrogens is 1. The summed E-state index contributed by atoms with van der Waals surface area (Å²) < 4.78 is 32.3. The van der Waals surface area contributed by atoms with E-state index in [2.05, 4.69) is 21.6 Å². The van der Waals surface area contributed by atoms with Crippen LogP contribution in [0.25, 0.3) is 11.5 Å². The number of carbonyl (C=O) groups excluding carboxylic acids is 1. The van der Waals surface area contributed by atoms with Gasteiger partial charge in [0, 0.05) is 30.6 Å². The van der Waals surface area contributed by atoms with Crippen LogP contribution in [0.3, 0.4) is 0 Å². The third-order valence-electron chi connectivity index (χ3n) is 4.34. The predicted octanol–water partition coefficient (Wildman–Crippen LogP) is 3.09. The lowest BCUT2D eigenvalue weighted by atomic mass is 10.1. The van der Waals surface area contributed by atoms with Gasteiger partial charge in [-0.2, -0.15) is 0 Å². The second-order valence-electron chi connectivity index (χ2n) is 6.68. The largest absolute Gasteiger partial charge is 0.444 e. The molecule has 0 radical (unpaired) electrons. The minimum atomic E-state index is -3.69. The molecule has 2 aromatic carbocycles. The quantitative estimate of drug-likeness (QED) is 0.513. The van der Waals surface area contributed by atoms with E-state index in [0.717, 1.165) is 16.8 Å². The van der Waals surface area contributed by atoms with Crippen molar-refractivity contribution in [1.29, 1.82) is 0 Å². The fraction of sp³-hybridized carbons (Fsp3) is 0.182. The van der Waals surface area contributed by atoms with Crippen LogP contribution < -0.4 is 10.0 Å². The van der Waals surface area contributed by atoms with Gasteiger partial charge in [0.25, 0.3) is 5.91 Å². The zero-order valence-corrected chi connectivity index (χ0v) is 17.4. The number of carbonyl (C=O) groups is 1. The summed E-state index contributed by atoms with van der Waals surface area (Å²) in [7, 11) is -3.69. The molecule has 1 amide bonds. The summed E-state index contributed by atoms with van der Waals surface area (Å²) in [4.78, 5) is 16.9. The van der Waals surface area contributed by atoms with Gasteiger partial charge in [-0.25, -0.2) is 18.1 Å². The Morgan fingerprint density at radius 1 is 1.20 bits per heavy atom. The molecule has 0 atom stereocenters. The maximum atomic E-state index is 12.4. The monoisotopic (exact) mass is 425 g/mol. The highest BCUT2D eigenvalue weighted by molar-refractivity contribution is 7.89. The molecule has 2 N–H and O–H groups in total. The van der Waals surface area contributed by atoms with E-state index in [1.54, 1.807) is 12.3 Å². The van der Waals surface area contributed by atoms with Crippen LogP contribution in [0.1, 0.15) is 21.6 Å². The average Bonchev–Trinajstić information content (AvgIpc) is 3.22. The van der Waals surface area contributed by atoms with Crippen molar-refractivity contribution in [2.75, 3.05) is 13.1 Å². The number of aryl methyl sites for hydroxylation is 1. The third kappa shape index (κ3) is 5.43. The number of amides is 1. The molecule has 0 bridgehead atoms. The number of hydrogen-bond donors (Lipinski definition) is 2. The molecule has 3 aromatic rings. The lowest BCUT2D eigenvalue weighted by Crippen LogP contribution is -2.27. The zero-order valence-electron chi connectivity index (χ0n) is 16.6. The van der Waals surface area contributed by atoms with Crippen LogP contribution in [0.2, 0.25) is 0 Å². The van der Waals surface area contributed by atoms with Crippen LogP contribution >= 0.6 is 0 Å². The Kier molecular flexibility index (Phi) is 6.81. The van der Waals surface area contributed by atoms with Gasteiger partial charge < -0.3 is 9.73 Å². The first-order valence-electron chi connectivity index (χ1n) is 9.39. The van der Waals surface area contributed by atoms with Gasteiger partial charge in [-0.05, 0) is 37.3 Å². The highest BCUT2D eigenvalue weighted by Crippen LogP contribution is 2.19. The number of oxazole rings is 1. The smallest absolute Gasteiger partial charge is 0.251 e. The molecular formula is C22H23N3O4S. The molecule has 0 fully saturated rings. The maximum absolute atomic E-state index is 12.4. The molecular weight excluding hydrogens is 402 g/mol. The molecule has 0 aliphatic rings. The Labute approximate surface area is 175 Å². The summed E-state index contributed by atoms with van der Waals surface area (Å²) in [5.74, 6) is 0.166. The lowest BCUT2D eigenvalue weighted by molar-refractivity contribution is 0.0954. The van der Waals surface area contributed by atoms with Crippen molar-refractivity contribution in [1.82, 2.24) is 15.0 Å². The van der Waals surface area contributed by atoms with Crippen molar-refractivity contribution in [3.05, 3.63) is 84.3 Å². The number of nitrogens with zero attached hydrogens (tertiary/aromatic N) is 1. The van der Waals surface area contributed by atoms with Gasteiger partial charge in [-0.15, -0.1) is 6.58 Å². The molecule has 0 aliphatic carbocycles. The molecule has 0 spiro atoms. The lowest BCUT2D eigenvalue weighted by Gasteiger charge is -2.08. The third-order valence-corrected chi connectivity index (χ3v) is 5.76. The normalized spacial score (nSPS) is 11.2. The van der Waals surface area contributed by atoms with Gasteiger partial charge >= 0.3 is 0 Å². The molecule has 156 valence electrons. The van der Waals surface area contributed by atoms with Gasteiger partial charge in [-0.3, -0.25) is 4.79 Å². The molecule has 0 saturated carbocycles. The second-order valence-corrected chi connectivity index (χ2v) is 8.45. The number of nitrogens with one attached hydrogen (secondary N) is 2. The summed E-state index contributed by atoms with van der Waals surface area (Å²) in [6.07, 6.45) is 3.50. The van der Waals surface area contributed by atoms with Crippen LogP contribution in [-0.4, -0.2) is 32.4 Å². The van der Waals surface area contributed by atoms with E-state index in [0.29, 0.717) is 18.9 Å². The Balaban J connectivity index is 1.58. The van der Waals surface area contributed by atoms with E-state index < -0.39 is 10.0 Å². The van der Waals surface area contributed by atoms with Crippen molar-refractivity contribution in [3.63, 3.8) is 0 Å². The maximum Gasteiger partial charge on any atom is 0.251 e. The van der Waals surface area contributed by atoms with E-state index in [-0.39, 0.29) is 22.9 Å². The van der Waals surface area contributed by atoms with E-state index >= 15 is 0 Å². The van der Waals surface area contributed by atoms with Crippen molar-refractivity contribution in [2.24, 2.45) is 0 Å². The number of sulfonamides is 1. The molecule has 8 heteroatoms. The van der Waals surface area contributed by atoms with Crippen LogP contribution in [0.15, 0.2) is 76.8 Å². The minimum Gasteiger partial charge on any atom is -0.444 e. The van der Waals surface area contributed by atoms with Gasteiger partial charge in [0.1, 0.15) is 6.26 Å². The molecule has 30 heavy (non-hydrogen) atoms. The summed E-state index contributed by atoms with van der Waals surface area (Å²) in [5, 5.41) is 2.77. The molecule has 0 aliphatic heterocycles. The molecule has 1 aromatic heterocycles. The van der Waals surface area contributed by atoms with Gasteiger partial charge in [0.05, 0.1) is 10.6 Å². The first-order valence-corrected chi connectivity index (χ1v) is 10.9. The van der Waals surface area contributed by atoms with E-state index in [9.17, 15) is 13.2 Å². The van der Waals surface area contributed by atoms with E-state index in [1.165, 1.54) is 24.3 Å². The van der Waals surface area contributed by atoms with E-state index in [1.807, 2.05) is 31.2 Å². The van der Waals surface area contributed by atoms with Crippen molar-refractivity contribution < 1.29 is 17.6 Å². The number of benzene rings is 2. The Hall–Kier alpha value is -3.23. The summed E-state index contributed by atoms with van der Waals surface area (Å²) in [5.41, 5.74) is 3.02. The van der Waals surface area contributed by atoms with Crippen LogP contribution in [0.4, 0.5) is 0 Å². The van der Waals surface area contributed by atoms with Crippen molar-refractivity contribution >= 4 is 15.9 Å². The summed E-state index contributed by atoms with van der Waals surface area (Å²) in [6.45, 7) is 5.94. The molecule has 7 nitrogen and oxygen atoms in total. The van der Waals surface area contributed by atoms with Gasteiger partial charge in [0.2, 0.25) is 15.9 Å². The molecule has 3 rings (SSSR count).